The summed E-state index contributed by atoms with van der Waals surface area (Å²) in [6.45, 7) is 4.38. The van der Waals surface area contributed by atoms with Gasteiger partial charge in [-0.3, -0.25) is 14.5 Å². The fourth-order valence-electron chi connectivity index (χ4n) is 4.62. The maximum Gasteiger partial charge on any atom is 0.290 e. The Balaban J connectivity index is 1.45. The molecule has 176 valence electrons. The van der Waals surface area contributed by atoms with E-state index in [1.165, 1.54) is 0 Å². The van der Waals surface area contributed by atoms with Crippen LogP contribution < -0.4 is 0 Å². The lowest BCUT2D eigenvalue weighted by Gasteiger charge is -2.30. The number of nitrogens with zero attached hydrogens (tertiary/aromatic N) is 2. The molecule has 1 fully saturated rings. The van der Waals surface area contributed by atoms with E-state index in [2.05, 4.69) is 20.8 Å². The van der Waals surface area contributed by atoms with Crippen LogP contribution in [0.1, 0.15) is 28.6 Å². The molecule has 0 radical (unpaired) electrons. The number of furan rings is 1. The Bertz CT molecular complexity index is 1210. The lowest BCUT2D eigenvalue weighted by atomic mass is 9.95. The number of carbonyl (C=O) groups is 2. The number of halogens is 1. The summed E-state index contributed by atoms with van der Waals surface area (Å²) in [6, 6.07) is 15.8. The van der Waals surface area contributed by atoms with E-state index >= 15 is 0 Å². The van der Waals surface area contributed by atoms with Gasteiger partial charge in [0.2, 0.25) is 5.78 Å². The predicted octanol–water partition coefficient (Wildman–Crippen LogP) is 4.50. The van der Waals surface area contributed by atoms with Crippen molar-refractivity contribution < 1.29 is 23.8 Å². The van der Waals surface area contributed by atoms with E-state index in [1.807, 2.05) is 42.5 Å². The molecule has 1 N–H and O–H groups in total. The van der Waals surface area contributed by atoms with Crippen LogP contribution in [-0.2, 0) is 9.53 Å². The molecule has 0 saturated carbocycles. The summed E-state index contributed by atoms with van der Waals surface area (Å²) in [5, 5.41) is 11.6. The molecule has 8 heteroatoms. The molecule has 1 amide bonds. The fourth-order valence-corrected chi connectivity index (χ4v) is 4.89. The molecule has 1 aromatic heterocycles. The van der Waals surface area contributed by atoms with Crippen LogP contribution in [0.25, 0.3) is 11.0 Å². The standard InChI is InChI=1S/C26H25BrN2O5/c27-19-8-6-17(7-9-19)23-22(24(30)21-16-18-4-1-2-5-20(18)34-21)25(31)26(32)29(23)11-3-10-28-12-14-33-15-13-28/h1-2,4-9,16,23,31H,3,10-15H2/t23-/m0/s1. The molecule has 34 heavy (non-hydrogen) atoms. The van der Waals surface area contributed by atoms with Gasteiger partial charge in [-0.25, -0.2) is 0 Å². The number of aliphatic hydroxyl groups is 1. The lowest BCUT2D eigenvalue weighted by molar-refractivity contribution is -0.129. The van der Waals surface area contributed by atoms with Gasteiger partial charge in [0.1, 0.15) is 5.58 Å². The highest BCUT2D eigenvalue weighted by atomic mass is 79.9. The normalized spacial score (nSPS) is 19.4. The third-order valence-corrected chi connectivity index (χ3v) is 6.89. The van der Waals surface area contributed by atoms with Crippen LogP contribution in [0, 0.1) is 0 Å². The zero-order valence-corrected chi connectivity index (χ0v) is 20.2. The zero-order valence-electron chi connectivity index (χ0n) is 18.6. The van der Waals surface area contributed by atoms with Crippen LogP contribution in [0.15, 0.2) is 74.8 Å². The van der Waals surface area contributed by atoms with Crippen LogP contribution in [0.3, 0.4) is 0 Å². The number of benzene rings is 2. The number of aliphatic hydroxyl groups excluding tert-OH is 1. The van der Waals surface area contributed by atoms with Crippen molar-refractivity contribution in [1.29, 1.82) is 0 Å². The Morgan fingerprint density at radius 1 is 1.06 bits per heavy atom. The summed E-state index contributed by atoms with van der Waals surface area (Å²) in [4.78, 5) is 30.6. The molecule has 7 nitrogen and oxygen atoms in total. The van der Waals surface area contributed by atoms with Crippen LogP contribution in [0.2, 0.25) is 0 Å². The number of para-hydroxylation sites is 1. The summed E-state index contributed by atoms with van der Waals surface area (Å²) in [6.07, 6.45) is 0.720. The van der Waals surface area contributed by atoms with Gasteiger partial charge in [0.15, 0.2) is 11.5 Å². The van der Waals surface area contributed by atoms with Gasteiger partial charge in [0, 0.05) is 36.0 Å². The summed E-state index contributed by atoms with van der Waals surface area (Å²) in [7, 11) is 0. The Morgan fingerprint density at radius 3 is 2.53 bits per heavy atom. The minimum Gasteiger partial charge on any atom is -0.503 e. The molecule has 5 rings (SSSR count). The number of Topliss-reactive ketones (excluding diaryl/α,β-unsaturated/α-hetero) is 1. The Kier molecular flexibility index (Phi) is 6.54. The molecule has 0 spiro atoms. The van der Waals surface area contributed by atoms with Crippen molar-refractivity contribution in [2.45, 2.75) is 12.5 Å². The van der Waals surface area contributed by atoms with Gasteiger partial charge in [0.05, 0.1) is 24.8 Å². The van der Waals surface area contributed by atoms with E-state index in [4.69, 9.17) is 9.15 Å². The summed E-state index contributed by atoms with van der Waals surface area (Å²) >= 11 is 3.44. The molecule has 0 aliphatic carbocycles. The summed E-state index contributed by atoms with van der Waals surface area (Å²) < 4.78 is 12.1. The molecular weight excluding hydrogens is 500 g/mol. The van der Waals surface area contributed by atoms with E-state index in [1.54, 1.807) is 17.0 Å². The lowest BCUT2D eigenvalue weighted by Crippen LogP contribution is -2.39. The van der Waals surface area contributed by atoms with Crippen molar-refractivity contribution >= 4 is 38.6 Å². The Labute approximate surface area is 205 Å². The number of ether oxygens (including phenoxy) is 1. The van der Waals surface area contributed by atoms with Crippen LogP contribution in [-0.4, -0.2) is 66.0 Å². The Hall–Kier alpha value is -2.94. The van der Waals surface area contributed by atoms with Crippen molar-refractivity contribution in [3.63, 3.8) is 0 Å². The molecule has 2 aliphatic rings. The van der Waals surface area contributed by atoms with Gasteiger partial charge in [-0.1, -0.05) is 46.3 Å². The third-order valence-electron chi connectivity index (χ3n) is 6.36. The smallest absolute Gasteiger partial charge is 0.290 e. The monoisotopic (exact) mass is 524 g/mol. The molecular formula is C26H25BrN2O5. The molecule has 2 aromatic carbocycles. The number of hydrogen-bond donors (Lipinski definition) is 1. The zero-order chi connectivity index (χ0) is 23.7. The van der Waals surface area contributed by atoms with Crippen molar-refractivity contribution in [2.24, 2.45) is 0 Å². The molecule has 0 bridgehead atoms. The summed E-state index contributed by atoms with van der Waals surface area (Å²) in [5.41, 5.74) is 1.39. The minimum absolute atomic E-state index is 0.0535. The maximum atomic E-state index is 13.6. The first-order valence-corrected chi connectivity index (χ1v) is 12.1. The molecule has 3 heterocycles. The Morgan fingerprint density at radius 2 is 1.79 bits per heavy atom. The minimum atomic E-state index is -0.689. The van der Waals surface area contributed by atoms with Crippen LogP contribution in [0.5, 0.6) is 0 Å². The molecule has 1 saturated heterocycles. The molecule has 3 aromatic rings. The number of carbonyl (C=O) groups excluding carboxylic acids is 2. The maximum absolute atomic E-state index is 13.6. The van der Waals surface area contributed by atoms with Gasteiger partial charge < -0.3 is 19.2 Å². The van der Waals surface area contributed by atoms with E-state index in [0.717, 1.165) is 41.5 Å². The number of fused-ring (bicyclic) bond motifs is 1. The highest BCUT2D eigenvalue weighted by Gasteiger charge is 2.44. The predicted molar refractivity (Wildman–Crippen MR) is 131 cm³/mol. The molecule has 1 atom stereocenters. The topological polar surface area (TPSA) is 83.2 Å². The number of rotatable bonds is 7. The quantitative estimate of drug-likeness (QED) is 0.458. The van der Waals surface area contributed by atoms with Gasteiger partial charge in [0.25, 0.3) is 5.91 Å². The van der Waals surface area contributed by atoms with Gasteiger partial charge in [-0.05, 0) is 36.2 Å². The third kappa shape index (κ3) is 4.41. The molecule has 0 unspecified atom stereocenters. The van der Waals surface area contributed by atoms with Crippen molar-refractivity contribution in [3.8, 4) is 0 Å². The number of ketones is 1. The van der Waals surface area contributed by atoms with Gasteiger partial charge in [-0.15, -0.1) is 0 Å². The van der Waals surface area contributed by atoms with E-state index in [9.17, 15) is 14.7 Å². The SMILES string of the molecule is O=C(C1=C(O)C(=O)N(CCCN2CCOCC2)[C@H]1c1ccc(Br)cc1)c1cc2ccccc2o1. The first-order valence-electron chi connectivity index (χ1n) is 11.4. The number of morpholine rings is 1. The number of amides is 1. The largest absolute Gasteiger partial charge is 0.503 e. The van der Waals surface area contributed by atoms with E-state index in [-0.39, 0.29) is 11.3 Å². The second kappa shape index (κ2) is 9.74. The highest BCUT2D eigenvalue weighted by molar-refractivity contribution is 9.10. The fraction of sp³-hybridized carbons (Fsp3) is 0.308. The average Bonchev–Trinajstić information content (AvgIpc) is 3.40. The summed E-state index contributed by atoms with van der Waals surface area (Å²) in [5.74, 6) is -1.42. The van der Waals surface area contributed by atoms with Crippen LogP contribution >= 0.6 is 15.9 Å². The average molecular weight is 525 g/mol. The highest BCUT2D eigenvalue weighted by Crippen LogP contribution is 2.40. The first kappa shape index (κ1) is 22.8. The van der Waals surface area contributed by atoms with Crippen molar-refractivity contribution in [2.75, 3.05) is 39.4 Å². The van der Waals surface area contributed by atoms with Gasteiger partial charge >= 0.3 is 0 Å². The van der Waals surface area contributed by atoms with Crippen molar-refractivity contribution in [1.82, 2.24) is 9.80 Å². The van der Waals surface area contributed by atoms with Gasteiger partial charge in [-0.2, -0.15) is 0 Å². The molecule has 2 aliphatic heterocycles. The van der Waals surface area contributed by atoms with Crippen molar-refractivity contribution in [3.05, 3.63) is 81.7 Å². The first-order chi connectivity index (χ1) is 16.5. The van der Waals surface area contributed by atoms with E-state index < -0.39 is 23.5 Å². The van der Waals surface area contributed by atoms with Crippen LogP contribution in [0.4, 0.5) is 0 Å². The second-order valence-electron chi connectivity index (χ2n) is 8.50. The van der Waals surface area contributed by atoms with E-state index in [0.29, 0.717) is 25.3 Å². The number of hydrogen-bond acceptors (Lipinski definition) is 6. The second-order valence-corrected chi connectivity index (χ2v) is 9.42.